The van der Waals surface area contributed by atoms with Crippen LogP contribution in [0.1, 0.15) is 52.2 Å². The molecule has 0 amide bonds. The largest absolute Gasteiger partial charge is 0.497 e. The van der Waals surface area contributed by atoms with E-state index in [1.807, 2.05) is 24.3 Å². The quantitative estimate of drug-likeness (QED) is 0.849. The van der Waals surface area contributed by atoms with Crippen molar-refractivity contribution in [2.24, 2.45) is 11.3 Å². The molecule has 0 radical (unpaired) electrons. The van der Waals surface area contributed by atoms with E-state index in [-0.39, 0.29) is 0 Å². The van der Waals surface area contributed by atoms with Crippen molar-refractivity contribution < 1.29 is 9.84 Å². The van der Waals surface area contributed by atoms with Crippen LogP contribution in [0.4, 0.5) is 0 Å². The van der Waals surface area contributed by atoms with Crippen LogP contribution in [0.3, 0.4) is 0 Å². The second-order valence-electron chi connectivity index (χ2n) is 6.40. The van der Waals surface area contributed by atoms with Crippen LogP contribution in [0.5, 0.6) is 5.75 Å². The highest BCUT2D eigenvalue weighted by atomic mass is 16.5. The van der Waals surface area contributed by atoms with Crippen LogP contribution < -0.4 is 4.74 Å². The van der Waals surface area contributed by atoms with Crippen molar-refractivity contribution in [1.82, 2.24) is 0 Å². The fraction of sp³-hybridized carbons (Fsp3) is 0.625. The third-order valence-corrected chi connectivity index (χ3v) is 3.07. The van der Waals surface area contributed by atoms with Crippen LogP contribution in [-0.4, -0.2) is 12.2 Å². The fourth-order valence-corrected chi connectivity index (χ4v) is 2.49. The van der Waals surface area contributed by atoms with Gasteiger partial charge in [0.15, 0.2) is 0 Å². The molecule has 0 saturated carbocycles. The van der Waals surface area contributed by atoms with E-state index in [0.717, 1.165) is 24.2 Å². The zero-order valence-electron chi connectivity index (χ0n) is 12.2. The highest BCUT2D eigenvalue weighted by Gasteiger charge is 2.19. The Morgan fingerprint density at radius 1 is 1.28 bits per heavy atom. The van der Waals surface area contributed by atoms with E-state index in [2.05, 4.69) is 27.7 Å². The predicted octanol–water partition coefficient (Wildman–Crippen LogP) is 4.19. The van der Waals surface area contributed by atoms with E-state index < -0.39 is 6.10 Å². The first-order chi connectivity index (χ1) is 8.31. The van der Waals surface area contributed by atoms with E-state index in [4.69, 9.17) is 4.74 Å². The Hall–Kier alpha value is -1.02. The van der Waals surface area contributed by atoms with Gasteiger partial charge in [-0.05, 0) is 41.9 Å². The Morgan fingerprint density at radius 3 is 2.50 bits per heavy atom. The molecule has 102 valence electrons. The SMILES string of the molecule is COc1cccc(C(O)CC(C)CC(C)(C)C)c1. The minimum Gasteiger partial charge on any atom is -0.497 e. The smallest absolute Gasteiger partial charge is 0.119 e. The van der Waals surface area contributed by atoms with Crippen molar-refractivity contribution in [3.8, 4) is 5.75 Å². The summed E-state index contributed by atoms with van der Waals surface area (Å²) in [7, 11) is 1.65. The molecule has 18 heavy (non-hydrogen) atoms. The third-order valence-electron chi connectivity index (χ3n) is 3.07. The molecule has 2 atom stereocenters. The van der Waals surface area contributed by atoms with Crippen molar-refractivity contribution in [3.63, 3.8) is 0 Å². The highest BCUT2D eigenvalue weighted by Crippen LogP contribution is 2.31. The van der Waals surface area contributed by atoms with E-state index in [0.29, 0.717) is 11.3 Å². The second kappa shape index (κ2) is 6.24. The molecule has 1 aromatic rings. The molecule has 0 aliphatic heterocycles. The summed E-state index contributed by atoms with van der Waals surface area (Å²) in [6.45, 7) is 8.92. The number of hydrogen-bond acceptors (Lipinski definition) is 2. The molecule has 0 heterocycles. The second-order valence-corrected chi connectivity index (χ2v) is 6.40. The molecular weight excluding hydrogens is 224 g/mol. The summed E-state index contributed by atoms with van der Waals surface area (Å²) >= 11 is 0. The van der Waals surface area contributed by atoms with Gasteiger partial charge in [-0.15, -0.1) is 0 Å². The summed E-state index contributed by atoms with van der Waals surface area (Å²) in [5.41, 5.74) is 1.25. The maximum Gasteiger partial charge on any atom is 0.119 e. The monoisotopic (exact) mass is 250 g/mol. The molecule has 2 unspecified atom stereocenters. The minimum absolute atomic E-state index is 0.313. The van der Waals surface area contributed by atoms with Crippen LogP contribution in [0, 0.1) is 11.3 Å². The lowest BCUT2D eigenvalue weighted by atomic mass is 9.82. The molecule has 0 spiro atoms. The van der Waals surface area contributed by atoms with Gasteiger partial charge in [-0.25, -0.2) is 0 Å². The van der Waals surface area contributed by atoms with Crippen molar-refractivity contribution in [1.29, 1.82) is 0 Å². The fourth-order valence-electron chi connectivity index (χ4n) is 2.49. The normalized spacial score (nSPS) is 15.2. The summed E-state index contributed by atoms with van der Waals surface area (Å²) in [6, 6.07) is 7.69. The third kappa shape index (κ3) is 5.09. The number of methoxy groups -OCH3 is 1. The van der Waals surface area contributed by atoms with Crippen molar-refractivity contribution in [2.45, 2.75) is 46.6 Å². The maximum atomic E-state index is 10.3. The standard InChI is InChI=1S/C16H26O2/c1-12(11-16(2,3)4)9-15(17)13-7-6-8-14(10-13)18-5/h6-8,10,12,15,17H,9,11H2,1-5H3. The zero-order chi connectivity index (χ0) is 13.8. The van der Waals surface area contributed by atoms with Gasteiger partial charge in [0, 0.05) is 0 Å². The molecule has 1 N–H and O–H groups in total. The molecule has 0 saturated heterocycles. The predicted molar refractivity (Wildman–Crippen MR) is 75.8 cm³/mol. The van der Waals surface area contributed by atoms with Gasteiger partial charge in [-0.1, -0.05) is 39.8 Å². The van der Waals surface area contributed by atoms with Gasteiger partial charge in [0.2, 0.25) is 0 Å². The first-order valence-corrected chi connectivity index (χ1v) is 6.64. The molecule has 2 heteroatoms. The Kier molecular flexibility index (Phi) is 5.21. The highest BCUT2D eigenvalue weighted by molar-refractivity contribution is 5.29. The number of ether oxygens (including phenoxy) is 1. The molecule has 0 aliphatic carbocycles. The van der Waals surface area contributed by atoms with Gasteiger partial charge < -0.3 is 9.84 Å². The average Bonchev–Trinajstić information content (AvgIpc) is 2.26. The maximum absolute atomic E-state index is 10.3. The Balaban J connectivity index is 2.61. The Bertz CT molecular complexity index is 366. The first kappa shape index (κ1) is 15.0. The van der Waals surface area contributed by atoms with E-state index in [1.54, 1.807) is 7.11 Å². The minimum atomic E-state index is -0.405. The van der Waals surface area contributed by atoms with Crippen LogP contribution in [0.15, 0.2) is 24.3 Å². The molecule has 2 nitrogen and oxygen atoms in total. The molecule has 0 fully saturated rings. The van der Waals surface area contributed by atoms with E-state index >= 15 is 0 Å². The number of benzene rings is 1. The van der Waals surface area contributed by atoms with Gasteiger partial charge in [0.1, 0.15) is 5.75 Å². The molecular formula is C16H26O2. The van der Waals surface area contributed by atoms with E-state index in [9.17, 15) is 5.11 Å². The lowest BCUT2D eigenvalue weighted by Gasteiger charge is -2.25. The van der Waals surface area contributed by atoms with Crippen molar-refractivity contribution >= 4 is 0 Å². The topological polar surface area (TPSA) is 29.5 Å². The summed E-state index contributed by atoms with van der Waals surface area (Å²) in [6.07, 6.45) is 1.51. The van der Waals surface area contributed by atoms with Gasteiger partial charge in [-0.2, -0.15) is 0 Å². The van der Waals surface area contributed by atoms with E-state index in [1.165, 1.54) is 0 Å². The molecule has 0 aliphatic rings. The molecule has 0 aromatic heterocycles. The number of aliphatic hydroxyl groups excluding tert-OH is 1. The van der Waals surface area contributed by atoms with Gasteiger partial charge >= 0.3 is 0 Å². The lowest BCUT2D eigenvalue weighted by molar-refractivity contribution is 0.133. The van der Waals surface area contributed by atoms with Gasteiger partial charge in [0.25, 0.3) is 0 Å². The van der Waals surface area contributed by atoms with Gasteiger partial charge in [-0.3, -0.25) is 0 Å². The van der Waals surface area contributed by atoms with Crippen molar-refractivity contribution in [3.05, 3.63) is 29.8 Å². The molecule has 0 bridgehead atoms. The Morgan fingerprint density at radius 2 is 1.94 bits per heavy atom. The first-order valence-electron chi connectivity index (χ1n) is 6.64. The van der Waals surface area contributed by atoms with Crippen molar-refractivity contribution in [2.75, 3.05) is 7.11 Å². The lowest BCUT2D eigenvalue weighted by Crippen LogP contribution is -2.13. The summed E-state index contributed by atoms with van der Waals surface area (Å²) in [5, 5.41) is 10.3. The summed E-state index contributed by atoms with van der Waals surface area (Å²) < 4.78 is 5.18. The molecule has 1 aromatic carbocycles. The number of aliphatic hydroxyl groups is 1. The van der Waals surface area contributed by atoms with Crippen LogP contribution in [0.2, 0.25) is 0 Å². The summed E-state index contributed by atoms with van der Waals surface area (Å²) in [5.74, 6) is 1.31. The van der Waals surface area contributed by atoms with Crippen LogP contribution in [-0.2, 0) is 0 Å². The van der Waals surface area contributed by atoms with Crippen LogP contribution in [0.25, 0.3) is 0 Å². The van der Waals surface area contributed by atoms with Crippen LogP contribution >= 0.6 is 0 Å². The number of hydrogen-bond donors (Lipinski definition) is 1. The average molecular weight is 250 g/mol. The van der Waals surface area contributed by atoms with Gasteiger partial charge in [0.05, 0.1) is 13.2 Å². The summed E-state index contributed by atoms with van der Waals surface area (Å²) in [4.78, 5) is 0. The molecule has 1 rings (SSSR count). The Labute approximate surface area is 111 Å². The number of rotatable bonds is 5. The zero-order valence-corrected chi connectivity index (χ0v) is 12.2.